The summed E-state index contributed by atoms with van der Waals surface area (Å²) in [4.78, 5) is 0. The van der Waals surface area contributed by atoms with Gasteiger partial charge in [0.2, 0.25) is 0 Å². The Morgan fingerprint density at radius 3 is 2.36 bits per heavy atom. The van der Waals surface area contributed by atoms with Gasteiger partial charge in [0.1, 0.15) is 0 Å². The van der Waals surface area contributed by atoms with Crippen LogP contribution in [0.2, 0.25) is 0 Å². The molecule has 0 amide bonds. The lowest BCUT2D eigenvalue weighted by molar-refractivity contribution is 0.280. The van der Waals surface area contributed by atoms with Gasteiger partial charge in [-0.3, -0.25) is 0 Å². The van der Waals surface area contributed by atoms with Crippen LogP contribution in [0.25, 0.3) is 0 Å². The standard InChI is InChI=1S/C13H23N/c14-11-5-7-12-6-1-2-8-13(12)9-3-4-10-13/h7H,1-6,8-11,14H2/b12-7-. The molecule has 1 nitrogen and oxygen atoms in total. The fourth-order valence-corrected chi connectivity index (χ4v) is 3.40. The van der Waals surface area contributed by atoms with Gasteiger partial charge in [0, 0.05) is 0 Å². The third-order valence-corrected chi connectivity index (χ3v) is 4.15. The number of rotatable bonds is 2. The van der Waals surface area contributed by atoms with E-state index in [4.69, 9.17) is 5.73 Å². The molecule has 2 aliphatic rings. The normalized spacial score (nSPS) is 28.8. The van der Waals surface area contributed by atoms with Crippen molar-refractivity contribution in [3.05, 3.63) is 11.6 Å². The molecule has 2 N–H and O–H groups in total. The van der Waals surface area contributed by atoms with Crippen LogP contribution in [0.3, 0.4) is 0 Å². The van der Waals surface area contributed by atoms with E-state index in [-0.39, 0.29) is 0 Å². The topological polar surface area (TPSA) is 26.0 Å². The fourth-order valence-electron chi connectivity index (χ4n) is 3.40. The zero-order valence-corrected chi connectivity index (χ0v) is 9.23. The second-order valence-corrected chi connectivity index (χ2v) is 5.00. The summed E-state index contributed by atoms with van der Waals surface area (Å²) in [5.74, 6) is 0. The van der Waals surface area contributed by atoms with Gasteiger partial charge in [-0.1, -0.05) is 30.9 Å². The summed E-state index contributed by atoms with van der Waals surface area (Å²) in [5, 5.41) is 0. The Balaban J connectivity index is 2.10. The molecule has 0 unspecified atom stereocenters. The lowest BCUT2D eigenvalue weighted by Crippen LogP contribution is -2.23. The van der Waals surface area contributed by atoms with E-state index in [0.29, 0.717) is 5.41 Å². The monoisotopic (exact) mass is 193 g/mol. The predicted octanol–water partition coefficient (Wildman–Crippen LogP) is 3.40. The van der Waals surface area contributed by atoms with Gasteiger partial charge < -0.3 is 5.73 Å². The summed E-state index contributed by atoms with van der Waals surface area (Å²) < 4.78 is 0. The molecule has 1 heteroatoms. The molecule has 0 aromatic carbocycles. The highest BCUT2D eigenvalue weighted by Gasteiger charge is 2.38. The maximum atomic E-state index is 5.59. The van der Waals surface area contributed by atoms with Crippen LogP contribution in [0.15, 0.2) is 11.6 Å². The molecule has 2 rings (SSSR count). The van der Waals surface area contributed by atoms with Crippen molar-refractivity contribution in [2.45, 2.75) is 57.8 Å². The Morgan fingerprint density at radius 1 is 1.07 bits per heavy atom. The number of hydrogen-bond acceptors (Lipinski definition) is 1. The molecule has 14 heavy (non-hydrogen) atoms. The third kappa shape index (κ3) is 1.88. The van der Waals surface area contributed by atoms with Crippen LogP contribution in [-0.4, -0.2) is 6.54 Å². The summed E-state index contributed by atoms with van der Waals surface area (Å²) in [6.07, 6.45) is 15.1. The van der Waals surface area contributed by atoms with Gasteiger partial charge >= 0.3 is 0 Å². The second kappa shape index (κ2) is 4.48. The van der Waals surface area contributed by atoms with Crippen molar-refractivity contribution in [2.75, 3.05) is 6.54 Å². The minimum Gasteiger partial charge on any atom is -0.330 e. The molecule has 0 radical (unpaired) electrons. The highest BCUT2D eigenvalue weighted by atomic mass is 14.5. The smallest absolute Gasteiger partial charge is 0.00425 e. The number of allylic oxidation sites excluding steroid dienone is 1. The average molecular weight is 193 g/mol. The Hall–Kier alpha value is -0.300. The molecule has 0 bridgehead atoms. The Morgan fingerprint density at radius 2 is 1.71 bits per heavy atom. The molecule has 0 aromatic heterocycles. The van der Waals surface area contributed by atoms with E-state index in [0.717, 1.165) is 13.0 Å². The zero-order chi connectivity index (χ0) is 9.86. The van der Waals surface area contributed by atoms with E-state index in [1.807, 2.05) is 0 Å². The van der Waals surface area contributed by atoms with Gasteiger partial charge in [-0.2, -0.15) is 0 Å². The predicted molar refractivity (Wildman–Crippen MR) is 61.1 cm³/mol. The summed E-state index contributed by atoms with van der Waals surface area (Å²) in [6, 6.07) is 0. The lowest BCUT2D eigenvalue weighted by Gasteiger charge is -2.36. The van der Waals surface area contributed by atoms with Gasteiger partial charge in [0.15, 0.2) is 0 Å². The van der Waals surface area contributed by atoms with Gasteiger partial charge in [-0.25, -0.2) is 0 Å². The molecule has 0 aromatic rings. The molecule has 2 saturated carbocycles. The number of nitrogens with two attached hydrogens (primary N) is 1. The van der Waals surface area contributed by atoms with E-state index in [1.165, 1.54) is 51.4 Å². The third-order valence-electron chi connectivity index (χ3n) is 4.15. The fraction of sp³-hybridized carbons (Fsp3) is 0.846. The molecule has 2 aliphatic carbocycles. The van der Waals surface area contributed by atoms with Crippen molar-refractivity contribution in [2.24, 2.45) is 11.1 Å². The Bertz CT molecular complexity index is 211. The van der Waals surface area contributed by atoms with Crippen molar-refractivity contribution in [1.29, 1.82) is 0 Å². The Kier molecular flexibility index (Phi) is 3.27. The van der Waals surface area contributed by atoms with Crippen LogP contribution < -0.4 is 5.73 Å². The van der Waals surface area contributed by atoms with E-state index in [9.17, 15) is 0 Å². The van der Waals surface area contributed by atoms with Gasteiger partial charge in [-0.05, 0) is 50.5 Å². The first-order valence-electron chi connectivity index (χ1n) is 6.27. The summed E-state index contributed by atoms with van der Waals surface area (Å²) in [6.45, 7) is 0.819. The van der Waals surface area contributed by atoms with Crippen LogP contribution in [-0.2, 0) is 0 Å². The molecular weight excluding hydrogens is 170 g/mol. The molecule has 0 atom stereocenters. The summed E-state index contributed by atoms with van der Waals surface area (Å²) in [7, 11) is 0. The van der Waals surface area contributed by atoms with E-state index >= 15 is 0 Å². The first-order chi connectivity index (χ1) is 6.87. The minimum absolute atomic E-state index is 0.646. The van der Waals surface area contributed by atoms with Gasteiger partial charge in [0.25, 0.3) is 0 Å². The zero-order valence-electron chi connectivity index (χ0n) is 9.23. The summed E-state index contributed by atoms with van der Waals surface area (Å²) >= 11 is 0. The molecule has 0 aliphatic heterocycles. The molecule has 0 saturated heterocycles. The molecular formula is C13H23N. The van der Waals surface area contributed by atoms with Crippen LogP contribution in [0.4, 0.5) is 0 Å². The highest BCUT2D eigenvalue weighted by Crippen LogP contribution is 2.52. The molecule has 2 fully saturated rings. The average Bonchev–Trinajstić information content (AvgIpc) is 2.66. The second-order valence-electron chi connectivity index (χ2n) is 5.00. The van der Waals surface area contributed by atoms with Crippen molar-refractivity contribution >= 4 is 0 Å². The van der Waals surface area contributed by atoms with E-state index in [1.54, 1.807) is 5.57 Å². The van der Waals surface area contributed by atoms with Crippen LogP contribution in [0, 0.1) is 5.41 Å². The molecule has 1 spiro atoms. The van der Waals surface area contributed by atoms with Crippen molar-refractivity contribution in [3.63, 3.8) is 0 Å². The van der Waals surface area contributed by atoms with Crippen LogP contribution in [0.5, 0.6) is 0 Å². The van der Waals surface area contributed by atoms with Crippen LogP contribution >= 0.6 is 0 Å². The van der Waals surface area contributed by atoms with E-state index in [2.05, 4.69) is 6.08 Å². The number of hydrogen-bond donors (Lipinski definition) is 1. The SMILES string of the molecule is NCC/C=C1/CCCCC12CCCC2. The molecule has 0 heterocycles. The van der Waals surface area contributed by atoms with Gasteiger partial charge in [-0.15, -0.1) is 0 Å². The van der Waals surface area contributed by atoms with Crippen molar-refractivity contribution in [3.8, 4) is 0 Å². The Labute approximate surface area is 87.8 Å². The van der Waals surface area contributed by atoms with Crippen LogP contribution in [0.1, 0.15) is 57.8 Å². The summed E-state index contributed by atoms with van der Waals surface area (Å²) in [5.41, 5.74) is 8.00. The molecule has 80 valence electrons. The maximum Gasteiger partial charge on any atom is -0.00425 e. The lowest BCUT2D eigenvalue weighted by atomic mass is 9.69. The highest BCUT2D eigenvalue weighted by molar-refractivity contribution is 5.18. The van der Waals surface area contributed by atoms with Crippen molar-refractivity contribution in [1.82, 2.24) is 0 Å². The minimum atomic E-state index is 0.646. The quantitative estimate of drug-likeness (QED) is 0.668. The maximum absolute atomic E-state index is 5.59. The first kappa shape index (κ1) is 10.2. The first-order valence-corrected chi connectivity index (χ1v) is 6.27. The van der Waals surface area contributed by atoms with Gasteiger partial charge in [0.05, 0.1) is 0 Å². The van der Waals surface area contributed by atoms with Crippen molar-refractivity contribution < 1.29 is 0 Å². The van der Waals surface area contributed by atoms with E-state index < -0.39 is 0 Å². The largest absolute Gasteiger partial charge is 0.330 e.